The van der Waals surface area contributed by atoms with Crippen molar-refractivity contribution in [3.63, 3.8) is 0 Å². The van der Waals surface area contributed by atoms with Gasteiger partial charge in [0.15, 0.2) is 11.5 Å². The Morgan fingerprint density at radius 1 is 1.17 bits per heavy atom. The topological polar surface area (TPSA) is 56.3 Å². The average molecular weight is 265 g/mol. The van der Waals surface area contributed by atoms with E-state index in [0.29, 0.717) is 11.5 Å². The molecular formula is C12H15N3O2S. The Morgan fingerprint density at radius 3 is 2.61 bits per heavy atom. The molecule has 18 heavy (non-hydrogen) atoms. The third kappa shape index (κ3) is 2.53. The largest absolute Gasteiger partial charge is 0.493 e. The van der Waals surface area contributed by atoms with Crippen LogP contribution in [0.5, 0.6) is 11.5 Å². The third-order valence-electron chi connectivity index (χ3n) is 2.38. The monoisotopic (exact) mass is 265 g/mol. The van der Waals surface area contributed by atoms with Crippen LogP contribution in [0.25, 0.3) is 10.6 Å². The number of nitrogens with zero attached hydrogens (tertiary/aromatic N) is 2. The normalized spacial score (nSPS) is 10.2. The maximum Gasteiger partial charge on any atom is 0.205 e. The summed E-state index contributed by atoms with van der Waals surface area (Å²) in [5.41, 5.74) is 0.967. The summed E-state index contributed by atoms with van der Waals surface area (Å²) in [6.45, 7) is 2.86. The highest BCUT2D eigenvalue weighted by Gasteiger charge is 2.10. The number of anilines is 1. The summed E-state index contributed by atoms with van der Waals surface area (Å²) in [6, 6.07) is 5.70. The fraction of sp³-hybridized carbons (Fsp3) is 0.333. The number of hydrogen-bond acceptors (Lipinski definition) is 6. The first kappa shape index (κ1) is 12.6. The van der Waals surface area contributed by atoms with E-state index in [1.807, 2.05) is 25.1 Å². The summed E-state index contributed by atoms with van der Waals surface area (Å²) < 4.78 is 10.5. The molecule has 1 heterocycles. The van der Waals surface area contributed by atoms with Crippen LogP contribution in [0, 0.1) is 0 Å². The quantitative estimate of drug-likeness (QED) is 0.900. The van der Waals surface area contributed by atoms with E-state index in [4.69, 9.17) is 9.47 Å². The number of benzene rings is 1. The molecule has 1 aromatic carbocycles. The van der Waals surface area contributed by atoms with Crippen molar-refractivity contribution < 1.29 is 9.47 Å². The predicted molar refractivity (Wildman–Crippen MR) is 72.6 cm³/mol. The minimum atomic E-state index is 0.690. The number of aromatic nitrogens is 2. The average Bonchev–Trinajstić information content (AvgIpc) is 2.87. The molecule has 0 radical (unpaired) electrons. The Bertz CT molecular complexity index is 528. The fourth-order valence-corrected chi connectivity index (χ4v) is 2.34. The van der Waals surface area contributed by atoms with E-state index in [2.05, 4.69) is 15.5 Å². The maximum absolute atomic E-state index is 5.27. The Kier molecular flexibility index (Phi) is 3.99. The van der Waals surface area contributed by atoms with E-state index in [1.165, 1.54) is 11.3 Å². The zero-order chi connectivity index (χ0) is 13.0. The number of rotatable bonds is 5. The Morgan fingerprint density at radius 2 is 1.94 bits per heavy atom. The second-order valence-electron chi connectivity index (χ2n) is 3.51. The lowest BCUT2D eigenvalue weighted by atomic mass is 10.2. The third-order valence-corrected chi connectivity index (χ3v) is 3.31. The predicted octanol–water partition coefficient (Wildman–Crippen LogP) is 2.65. The van der Waals surface area contributed by atoms with Crippen molar-refractivity contribution in [2.75, 3.05) is 26.1 Å². The minimum Gasteiger partial charge on any atom is -0.493 e. The first-order valence-electron chi connectivity index (χ1n) is 5.58. The second kappa shape index (κ2) is 5.68. The van der Waals surface area contributed by atoms with E-state index in [9.17, 15) is 0 Å². The van der Waals surface area contributed by atoms with Gasteiger partial charge in [-0.2, -0.15) is 0 Å². The number of ether oxygens (including phenoxy) is 2. The van der Waals surface area contributed by atoms with Crippen molar-refractivity contribution in [2.24, 2.45) is 0 Å². The van der Waals surface area contributed by atoms with Gasteiger partial charge in [0.05, 0.1) is 14.2 Å². The molecule has 2 aromatic rings. The number of nitrogens with one attached hydrogen (secondary N) is 1. The number of methoxy groups -OCH3 is 2. The van der Waals surface area contributed by atoms with Crippen LogP contribution in [-0.4, -0.2) is 31.0 Å². The van der Waals surface area contributed by atoms with Gasteiger partial charge in [0, 0.05) is 12.1 Å². The molecule has 0 amide bonds. The second-order valence-corrected chi connectivity index (χ2v) is 4.49. The molecule has 0 unspecified atom stereocenters. The molecule has 96 valence electrons. The van der Waals surface area contributed by atoms with Gasteiger partial charge in [-0.1, -0.05) is 11.3 Å². The van der Waals surface area contributed by atoms with Crippen molar-refractivity contribution in [1.29, 1.82) is 0 Å². The lowest BCUT2D eigenvalue weighted by Crippen LogP contribution is -1.94. The van der Waals surface area contributed by atoms with Crippen LogP contribution in [0.2, 0.25) is 0 Å². The van der Waals surface area contributed by atoms with E-state index in [0.717, 1.165) is 22.2 Å². The summed E-state index contributed by atoms with van der Waals surface area (Å²) >= 11 is 1.51. The molecule has 0 spiro atoms. The van der Waals surface area contributed by atoms with Gasteiger partial charge in [-0.25, -0.2) is 0 Å². The standard InChI is InChI=1S/C12H15N3O2S/c1-4-13-12-15-14-11(18-12)8-5-6-9(16-2)10(7-8)17-3/h5-7H,4H2,1-3H3,(H,13,15). The van der Waals surface area contributed by atoms with Crippen LogP contribution in [0.1, 0.15) is 6.92 Å². The molecule has 0 saturated carbocycles. The zero-order valence-corrected chi connectivity index (χ0v) is 11.4. The lowest BCUT2D eigenvalue weighted by molar-refractivity contribution is 0.355. The van der Waals surface area contributed by atoms with Gasteiger partial charge in [-0.05, 0) is 25.1 Å². The van der Waals surface area contributed by atoms with Crippen LogP contribution in [-0.2, 0) is 0 Å². The van der Waals surface area contributed by atoms with Crippen molar-refractivity contribution in [2.45, 2.75) is 6.92 Å². The molecule has 1 aromatic heterocycles. The smallest absolute Gasteiger partial charge is 0.205 e. The van der Waals surface area contributed by atoms with E-state index < -0.39 is 0 Å². The van der Waals surface area contributed by atoms with Gasteiger partial charge in [-0.15, -0.1) is 10.2 Å². The van der Waals surface area contributed by atoms with Gasteiger partial charge in [0.2, 0.25) is 5.13 Å². The molecule has 0 aliphatic carbocycles. The highest BCUT2D eigenvalue weighted by atomic mass is 32.1. The summed E-state index contributed by atoms with van der Waals surface area (Å²) in [5.74, 6) is 1.40. The molecule has 6 heteroatoms. The van der Waals surface area contributed by atoms with Gasteiger partial charge in [0.1, 0.15) is 5.01 Å². The lowest BCUT2D eigenvalue weighted by Gasteiger charge is -2.07. The molecule has 0 fully saturated rings. The molecule has 0 atom stereocenters. The summed E-state index contributed by atoms with van der Waals surface area (Å²) in [7, 11) is 3.23. The molecule has 5 nitrogen and oxygen atoms in total. The van der Waals surface area contributed by atoms with E-state index in [-0.39, 0.29) is 0 Å². The summed E-state index contributed by atoms with van der Waals surface area (Å²) in [6.07, 6.45) is 0. The molecule has 2 rings (SSSR count). The highest BCUT2D eigenvalue weighted by molar-refractivity contribution is 7.18. The van der Waals surface area contributed by atoms with Crippen molar-refractivity contribution >= 4 is 16.5 Å². The summed E-state index contributed by atoms with van der Waals surface area (Å²) in [5, 5.41) is 13.0. The van der Waals surface area contributed by atoms with Crippen molar-refractivity contribution in [3.8, 4) is 22.1 Å². The van der Waals surface area contributed by atoms with Crippen LogP contribution in [0.15, 0.2) is 18.2 Å². The summed E-state index contributed by atoms with van der Waals surface area (Å²) in [4.78, 5) is 0. The molecule has 0 aliphatic rings. The van der Waals surface area contributed by atoms with Crippen LogP contribution >= 0.6 is 11.3 Å². The molecule has 0 aliphatic heterocycles. The fourth-order valence-electron chi connectivity index (χ4n) is 1.53. The Balaban J connectivity index is 2.31. The molecule has 1 N–H and O–H groups in total. The van der Waals surface area contributed by atoms with Crippen molar-refractivity contribution in [3.05, 3.63) is 18.2 Å². The van der Waals surface area contributed by atoms with Gasteiger partial charge in [0.25, 0.3) is 0 Å². The minimum absolute atomic E-state index is 0.690. The number of hydrogen-bond donors (Lipinski definition) is 1. The van der Waals surface area contributed by atoms with Crippen molar-refractivity contribution in [1.82, 2.24) is 10.2 Å². The molecular weight excluding hydrogens is 250 g/mol. The van der Waals surface area contributed by atoms with E-state index >= 15 is 0 Å². The first-order chi connectivity index (χ1) is 8.78. The highest BCUT2D eigenvalue weighted by Crippen LogP contribution is 2.34. The van der Waals surface area contributed by atoms with Gasteiger partial charge in [-0.3, -0.25) is 0 Å². The van der Waals surface area contributed by atoms with Crippen LogP contribution in [0.4, 0.5) is 5.13 Å². The maximum atomic E-state index is 5.27. The van der Waals surface area contributed by atoms with Gasteiger partial charge < -0.3 is 14.8 Å². The van der Waals surface area contributed by atoms with E-state index in [1.54, 1.807) is 14.2 Å². The van der Waals surface area contributed by atoms with Crippen LogP contribution < -0.4 is 14.8 Å². The zero-order valence-electron chi connectivity index (χ0n) is 10.6. The Labute approximate surface area is 110 Å². The SMILES string of the molecule is CCNc1nnc(-c2ccc(OC)c(OC)c2)s1. The van der Waals surface area contributed by atoms with Crippen LogP contribution in [0.3, 0.4) is 0 Å². The first-order valence-corrected chi connectivity index (χ1v) is 6.40. The molecule has 0 saturated heterocycles. The molecule has 0 bridgehead atoms. The van der Waals surface area contributed by atoms with Gasteiger partial charge >= 0.3 is 0 Å². The Hall–Kier alpha value is -1.82.